The van der Waals surface area contributed by atoms with Crippen LogP contribution in [-0.2, 0) is 4.74 Å². The largest absolute Gasteiger partial charge is 0.442 e. The van der Waals surface area contributed by atoms with Crippen LogP contribution in [0.15, 0.2) is 17.4 Å². The third-order valence-corrected chi connectivity index (χ3v) is 1.15. The van der Waals surface area contributed by atoms with Crippen molar-refractivity contribution in [2.24, 2.45) is 5.10 Å². The average Bonchev–Trinajstić information content (AvgIpc) is 2.03. The lowest BCUT2D eigenvalue weighted by atomic mass is 10.2. The van der Waals surface area contributed by atoms with Crippen molar-refractivity contribution in [1.82, 2.24) is 10.5 Å². The number of allylic oxidation sites excluding steroid dienone is 1. The molecule has 0 unspecified atom stereocenters. The first kappa shape index (κ1) is 9.57. The first-order chi connectivity index (χ1) is 5.99. The van der Waals surface area contributed by atoms with E-state index in [1.54, 1.807) is 18.5 Å². The van der Waals surface area contributed by atoms with E-state index in [4.69, 9.17) is 4.74 Å². The lowest BCUT2D eigenvalue weighted by molar-refractivity contribution is 0.0251. The molecular weight excluding hydrogens is 170 g/mol. The minimum atomic E-state index is -0.492. The predicted octanol–water partition coefficient (Wildman–Crippen LogP) is 1.24. The predicted molar refractivity (Wildman–Crippen MR) is 48.8 cm³/mol. The molecule has 0 atom stereocenters. The smallest absolute Gasteiger partial charge is 0.434 e. The number of hydrazine groups is 1. The van der Waals surface area contributed by atoms with Crippen molar-refractivity contribution in [3.05, 3.63) is 12.3 Å². The van der Waals surface area contributed by atoms with Gasteiger partial charge in [0, 0.05) is 6.20 Å². The normalized spacial score (nSPS) is 15.5. The van der Waals surface area contributed by atoms with Crippen molar-refractivity contribution in [3.63, 3.8) is 0 Å². The van der Waals surface area contributed by atoms with E-state index in [0.717, 1.165) is 0 Å². The van der Waals surface area contributed by atoms with Crippen molar-refractivity contribution < 1.29 is 9.53 Å². The lowest BCUT2D eigenvalue weighted by Crippen LogP contribution is -2.40. The Hall–Kier alpha value is -1.52. The van der Waals surface area contributed by atoms with E-state index in [1.807, 2.05) is 20.8 Å². The van der Waals surface area contributed by atoms with Crippen LogP contribution in [0.3, 0.4) is 0 Å². The van der Waals surface area contributed by atoms with Gasteiger partial charge in [0.25, 0.3) is 0 Å². The Labute approximate surface area is 77.0 Å². The second-order valence-corrected chi connectivity index (χ2v) is 3.57. The summed E-state index contributed by atoms with van der Waals surface area (Å²) < 4.78 is 5.08. The van der Waals surface area contributed by atoms with E-state index in [1.165, 1.54) is 5.01 Å². The van der Waals surface area contributed by atoms with Crippen LogP contribution in [0, 0.1) is 0 Å². The maximum atomic E-state index is 11.3. The van der Waals surface area contributed by atoms with Crippen molar-refractivity contribution in [2.45, 2.75) is 26.4 Å². The van der Waals surface area contributed by atoms with Gasteiger partial charge in [-0.15, -0.1) is 0 Å². The number of nitrogens with zero attached hydrogens (tertiary/aromatic N) is 2. The quantitative estimate of drug-likeness (QED) is 0.614. The van der Waals surface area contributed by atoms with Gasteiger partial charge < -0.3 is 4.74 Å². The number of ether oxygens (including phenoxy) is 1. The van der Waals surface area contributed by atoms with Gasteiger partial charge in [0.1, 0.15) is 5.60 Å². The molecule has 0 aromatic heterocycles. The Kier molecular flexibility index (Phi) is 2.55. The zero-order chi connectivity index (χ0) is 9.90. The lowest BCUT2D eigenvalue weighted by Gasteiger charge is -2.24. The second-order valence-electron chi connectivity index (χ2n) is 3.57. The summed E-state index contributed by atoms with van der Waals surface area (Å²) >= 11 is 0. The summed E-state index contributed by atoms with van der Waals surface area (Å²) in [6.07, 6.45) is 4.25. The molecule has 13 heavy (non-hydrogen) atoms. The van der Waals surface area contributed by atoms with Crippen LogP contribution in [0.1, 0.15) is 20.8 Å². The molecule has 1 heterocycles. The number of amides is 1. The molecule has 1 amide bonds. The molecule has 1 aliphatic rings. The fourth-order valence-corrected chi connectivity index (χ4v) is 0.709. The van der Waals surface area contributed by atoms with E-state index in [9.17, 15) is 4.79 Å². The highest BCUT2D eigenvalue weighted by Gasteiger charge is 2.20. The molecular formula is C8H13N3O2. The number of carbonyl (C=O) groups is 1. The van der Waals surface area contributed by atoms with Gasteiger partial charge in [-0.1, -0.05) is 0 Å². The van der Waals surface area contributed by atoms with Crippen LogP contribution in [0.4, 0.5) is 4.79 Å². The fourth-order valence-electron chi connectivity index (χ4n) is 0.709. The van der Waals surface area contributed by atoms with Crippen LogP contribution in [-0.4, -0.2) is 22.9 Å². The Morgan fingerprint density at radius 1 is 1.54 bits per heavy atom. The highest BCUT2D eigenvalue weighted by atomic mass is 16.6. The maximum absolute atomic E-state index is 11.3. The molecule has 5 heteroatoms. The molecule has 1 rings (SSSR count). The molecule has 0 aromatic carbocycles. The number of hydrogen-bond acceptors (Lipinski definition) is 4. The van der Waals surface area contributed by atoms with Gasteiger partial charge >= 0.3 is 6.09 Å². The van der Waals surface area contributed by atoms with Crippen molar-refractivity contribution in [3.8, 4) is 0 Å². The number of rotatable bonds is 0. The highest BCUT2D eigenvalue weighted by molar-refractivity contribution is 5.75. The van der Waals surface area contributed by atoms with E-state index in [0.29, 0.717) is 0 Å². The summed E-state index contributed by atoms with van der Waals surface area (Å²) in [6, 6.07) is 0. The second kappa shape index (κ2) is 3.47. The maximum Gasteiger partial charge on any atom is 0.434 e. The summed E-state index contributed by atoms with van der Waals surface area (Å²) in [4.78, 5) is 11.3. The first-order valence-corrected chi connectivity index (χ1v) is 3.97. The molecule has 72 valence electrons. The van der Waals surface area contributed by atoms with Gasteiger partial charge in [0.05, 0.1) is 6.21 Å². The number of hydrazone groups is 1. The van der Waals surface area contributed by atoms with Crippen LogP contribution in [0.5, 0.6) is 0 Å². The molecule has 0 spiro atoms. The topological polar surface area (TPSA) is 53.9 Å². The molecule has 0 fully saturated rings. The third kappa shape index (κ3) is 3.14. The van der Waals surface area contributed by atoms with E-state index < -0.39 is 11.7 Å². The molecule has 0 aliphatic carbocycles. The van der Waals surface area contributed by atoms with Gasteiger partial charge in [-0.25, -0.2) is 10.3 Å². The standard InChI is InChI=1S/C8H13N3O2/c1-8(2,3)13-7(12)11-6-4-5-9-10-11/h4-6,10H,1-3H3. The Morgan fingerprint density at radius 3 is 2.69 bits per heavy atom. The van der Waals surface area contributed by atoms with Gasteiger partial charge in [0.2, 0.25) is 0 Å². The molecule has 0 saturated carbocycles. The molecule has 0 radical (unpaired) electrons. The highest BCUT2D eigenvalue weighted by Crippen LogP contribution is 2.09. The Bertz CT molecular complexity index is 253. The molecule has 0 saturated heterocycles. The third-order valence-electron chi connectivity index (χ3n) is 1.15. The summed E-state index contributed by atoms with van der Waals surface area (Å²) in [5, 5.41) is 4.84. The Morgan fingerprint density at radius 2 is 2.23 bits per heavy atom. The molecule has 0 bridgehead atoms. The van der Waals surface area contributed by atoms with Crippen molar-refractivity contribution in [2.75, 3.05) is 0 Å². The average molecular weight is 183 g/mol. The summed E-state index contributed by atoms with van der Waals surface area (Å²) in [5.74, 6) is 0. The van der Waals surface area contributed by atoms with E-state index in [2.05, 4.69) is 10.6 Å². The van der Waals surface area contributed by atoms with Gasteiger partial charge in [-0.3, -0.25) is 0 Å². The van der Waals surface area contributed by atoms with E-state index >= 15 is 0 Å². The monoisotopic (exact) mass is 183 g/mol. The molecule has 1 aliphatic heterocycles. The van der Waals surface area contributed by atoms with Gasteiger partial charge in [-0.05, 0) is 26.8 Å². The molecule has 5 nitrogen and oxygen atoms in total. The van der Waals surface area contributed by atoms with Crippen LogP contribution in [0.25, 0.3) is 0 Å². The van der Waals surface area contributed by atoms with Gasteiger partial charge in [-0.2, -0.15) is 10.1 Å². The summed E-state index contributed by atoms with van der Waals surface area (Å²) in [6.45, 7) is 5.42. The summed E-state index contributed by atoms with van der Waals surface area (Å²) in [7, 11) is 0. The van der Waals surface area contributed by atoms with Crippen molar-refractivity contribution in [1.29, 1.82) is 0 Å². The Balaban J connectivity index is 2.49. The summed E-state index contributed by atoms with van der Waals surface area (Å²) in [5.41, 5.74) is 1.99. The number of hydrogen-bond donors (Lipinski definition) is 1. The number of nitrogens with one attached hydrogen (secondary N) is 1. The van der Waals surface area contributed by atoms with Crippen LogP contribution < -0.4 is 5.53 Å². The first-order valence-electron chi connectivity index (χ1n) is 3.97. The molecule has 0 aromatic rings. The number of carbonyl (C=O) groups excluding carboxylic acids is 1. The fraction of sp³-hybridized carbons (Fsp3) is 0.500. The van der Waals surface area contributed by atoms with Crippen molar-refractivity contribution >= 4 is 12.3 Å². The van der Waals surface area contributed by atoms with Crippen LogP contribution in [0.2, 0.25) is 0 Å². The van der Waals surface area contributed by atoms with Gasteiger partial charge in [0.15, 0.2) is 0 Å². The van der Waals surface area contributed by atoms with Crippen LogP contribution >= 0.6 is 0 Å². The zero-order valence-corrected chi connectivity index (χ0v) is 7.94. The minimum Gasteiger partial charge on any atom is -0.442 e. The van der Waals surface area contributed by atoms with E-state index in [-0.39, 0.29) is 0 Å². The zero-order valence-electron chi connectivity index (χ0n) is 7.94. The molecule has 1 N–H and O–H groups in total. The SMILES string of the molecule is CC(C)(C)OC(=O)N1C=CC=NN1. The minimum absolute atomic E-state index is 0.472.